The fourth-order valence-corrected chi connectivity index (χ4v) is 2.84. The van der Waals surface area contributed by atoms with E-state index in [-0.39, 0.29) is 18.4 Å². The number of benzene rings is 2. The summed E-state index contributed by atoms with van der Waals surface area (Å²) in [6.45, 7) is 4.01. The third-order valence-corrected chi connectivity index (χ3v) is 4.42. The Hall–Kier alpha value is -3.78. The van der Waals surface area contributed by atoms with Crippen molar-refractivity contribution in [3.8, 4) is 5.75 Å². The summed E-state index contributed by atoms with van der Waals surface area (Å²) in [7, 11) is 0. The van der Waals surface area contributed by atoms with Gasteiger partial charge in [0.05, 0.1) is 26.0 Å². The van der Waals surface area contributed by atoms with E-state index in [9.17, 15) is 9.59 Å². The van der Waals surface area contributed by atoms with E-state index in [2.05, 4.69) is 16.0 Å². The highest BCUT2D eigenvalue weighted by molar-refractivity contribution is 5.98. The number of nitrogens with one attached hydrogen (secondary N) is 3. The normalized spacial score (nSPS) is 10.4. The van der Waals surface area contributed by atoms with Gasteiger partial charge in [-0.25, -0.2) is 0 Å². The van der Waals surface area contributed by atoms with Crippen molar-refractivity contribution in [3.05, 3.63) is 78.3 Å². The highest BCUT2D eigenvalue weighted by Gasteiger charge is 2.09. The maximum Gasteiger partial charge on any atom is 0.251 e. The van der Waals surface area contributed by atoms with Gasteiger partial charge in [0.1, 0.15) is 18.1 Å². The third-order valence-electron chi connectivity index (χ3n) is 4.42. The third kappa shape index (κ3) is 7.48. The summed E-state index contributed by atoms with van der Waals surface area (Å²) in [5, 5.41) is 8.63. The molecule has 2 amide bonds. The number of hydrogen-bond acceptors (Lipinski definition) is 6. The van der Waals surface area contributed by atoms with E-state index < -0.39 is 0 Å². The Balaban J connectivity index is 1.43. The molecule has 3 N–H and O–H groups in total. The second-order valence-electron chi connectivity index (χ2n) is 6.81. The molecule has 0 aliphatic heterocycles. The topological polar surface area (TPSA) is 102 Å². The first kappa shape index (κ1) is 22.9. The van der Waals surface area contributed by atoms with Gasteiger partial charge in [0.2, 0.25) is 5.91 Å². The van der Waals surface area contributed by atoms with E-state index >= 15 is 0 Å². The van der Waals surface area contributed by atoms with Crippen molar-refractivity contribution in [3.63, 3.8) is 0 Å². The molecule has 0 aliphatic carbocycles. The molecule has 3 aromatic rings. The monoisotopic (exact) mass is 437 g/mol. The first-order chi connectivity index (χ1) is 15.6. The van der Waals surface area contributed by atoms with Crippen molar-refractivity contribution in [2.24, 2.45) is 0 Å². The highest BCUT2D eigenvalue weighted by atomic mass is 16.5. The van der Waals surface area contributed by atoms with Gasteiger partial charge >= 0.3 is 0 Å². The largest absolute Gasteiger partial charge is 0.491 e. The van der Waals surface area contributed by atoms with Crippen molar-refractivity contribution in [1.29, 1.82) is 0 Å². The number of amides is 2. The molecule has 2 aromatic carbocycles. The lowest BCUT2D eigenvalue weighted by Crippen LogP contribution is -2.24. The molecule has 1 heterocycles. The highest BCUT2D eigenvalue weighted by Crippen LogP contribution is 2.16. The minimum absolute atomic E-state index is 0.0828. The van der Waals surface area contributed by atoms with Crippen LogP contribution in [0.3, 0.4) is 0 Å². The van der Waals surface area contributed by atoms with E-state index in [0.29, 0.717) is 43.4 Å². The lowest BCUT2D eigenvalue weighted by atomic mass is 10.2. The van der Waals surface area contributed by atoms with Gasteiger partial charge < -0.3 is 29.8 Å². The minimum Gasteiger partial charge on any atom is -0.491 e. The second-order valence-corrected chi connectivity index (χ2v) is 6.81. The fourth-order valence-electron chi connectivity index (χ4n) is 2.84. The van der Waals surface area contributed by atoms with Crippen molar-refractivity contribution >= 4 is 23.2 Å². The molecule has 0 atom stereocenters. The average molecular weight is 437 g/mol. The molecule has 8 heteroatoms. The number of hydrogen-bond donors (Lipinski definition) is 3. The zero-order valence-electron chi connectivity index (χ0n) is 17.9. The van der Waals surface area contributed by atoms with Crippen LogP contribution in [-0.2, 0) is 16.1 Å². The van der Waals surface area contributed by atoms with E-state index in [1.54, 1.807) is 42.7 Å². The summed E-state index contributed by atoms with van der Waals surface area (Å²) in [6.07, 6.45) is 1.55. The van der Waals surface area contributed by atoms with Gasteiger partial charge in [-0.05, 0) is 61.5 Å². The standard InChI is InChI=1S/C24H27N3O5/c1-2-30-13-14-32-21-10-8-19(9-11-21)25-17-23(28)27-20-6-3-5-18(15-20)24(29)26-16-22-7-4-12-31-22/h3-12,15,25H,2,13-14,16-17H2,1H3,(H,26,29)(H,27,28). The molecule has 32 heavy (non-hydrogen) atoms. The lowest BCUT2D eigenvalue weighted by molar-refractivity contribution is -0.114. The van der Waals surface area contributed by atoms with Crippen molar-refractivity contribution in [1.82, 2.24) is 5.32 Å². The number of ether oxygens (including phenoxy) is 2. The molecule has 0 unspecified atom stereocenters. The molecular weight excluding hydrogens is 410 g/mol. The molecule has 1 aromatic heterocycles. The summed E-state index contributed by atoms with van der Waals surface area (Å²) in [5.74, 6) is 0.926. The van der Waals surface area contributed by atoms with E-state index in [0.717, 1.165) is 11.4 Å². The predicted octanol–water partition coefficient (Wildman–Crippen LogP) is 3.68. The van der Waals surface area contributed by atoms with E-state index in [1.165, 1.54) is 0 Å². The number of anilines is 2. The Morgan fingerprint density at radius 1 is 0.969 bits per heavy atom. The van der Waals surface area contributed by atoms with E-state index in [4.69, 9.17) is 13.9 Å². The van der Waals surface area contributed by atoms with E-state index in [1.807, 2.05) is 31.2 Å². The second kappa shape index (κ2) is 12.2. The molecule has 0 spiro atoms. The maximum atomic E-state index is 12.3. The summed E-state index contributed by atoms with van der Waals surface area (Å²) < 4.78 is 16.0. The quantitative estimate of drug-likeness (QED) is 0.374. The van der Waals surface area contributed by atoms with Crippen LogP contribution in [0, 0.1) is 0 Å². The van der Waals surface area contributed by atoms with Gasteiger partial charge in [0.25, 0.3) is 5.91 Å². The minimum atomic E-state index is -0.251. The summed E-state index contributed by atoms with van der Waals surface area (Å²) in [5.41, 5.74) is 1.78. The van der Waals surface area contributed by atoms with Crippen LogP contribution in [0.15, 0.2) is 71.3 Å². The number of rotatable bonds is 12. The van der Waals surface area contributed by atoms with Crippen molar-refractivity contribution in [2.45, 2.75) is 13.5 Å². The van der Waals surface area contributed by atoms with Crippen LogP contribution in [0.5, 0.6) is 5.75 Å². The molecule has 0 bridgehead atoms. The summed E-state index contributed by atoms with van der Waals surface area (Å²) >= 11 is 0. The van der Waals surface area contributed by atoms with Crippen molar-refractivity contribution in [2.75, 3.05) is 37.0 Å². The zero-order valence-corrected chi connectivity index (χ0v) is 17.9. The van der Waals surface area contributed by atoms with Crippen molar-refractivity contribution < 1.29 is 23.5 Å². The molecule has 168 valence electrons. The Morgan fingerprint density at radius 3 is 2.56 bits per heavy atom. The number of carbonyl (C=O) groups is 2. The van der Waals surface area contributed by atoms with Crippen LogP contribution in [0.4, 0.5) is 11.4 Å². The van der Waals surface area contributed by atoms with Gasteiger partial charge in [0, 0.05) is 23.5 Å². The Bertz CT molecular complexity index is 987. The number of furan rings is 1. The van der Waals surface area contributed by atoms with Crippen LogP contribution in [0.25, 0.3) is 0 Å². The Morgan fingerprint density at radius 2 is 1.81 bits per heavy atom. The van der Waals surface area contributed by atoms with Crippen LogP contribution in [-0.4, -0.2) is 38.2 Å². The Labute approximate surface area is 186 Å². The Kier molecular flexibility index (Phi) is 8.70. The van der Waals surface area contributed by atoms with Gasteiger partial charge in [-0.15, -0.1) is 0 Å². The van der Waals surface area contributed by atoms with Crippen LogP contribution < -0.4 is 20.7 Å². The molecule has 0 fully saturated rings. The van der Waals surface area contributed by atoms with Crippen LogP contribution in [0.2, 0.25) is 0 Å². The SMILES string of the molecule is CCOCCOc1ccc(NCC(=O)Nc2cccc(C(=O)NCc3ccco3)c2)cc1. The molecule has 0 aliphatic rings. The number of carbonyl (C=O) groups excluding carboxylic acids is 2. The zero-order chi connectivity index (χ0) is 22.6. The average Bonchev–Trinajstić information content (AvgIpc) is 3.34. The van der Waals surface area contributed by atoms with Gasteiger partial charge in [-0.1, -0.05) is 6.07 Å². The lowest BCUT2D eigenvalue weighted by Gasteiger charge is -2.10. The van der Waals surface area contributed by atoms with Gasteiger partial charge in [-0.3, -0.25) is 9.59 Å². The first-order valence-corrected chi connectivity index (χ1v) is 10.4. The summed E-state index contributed by atoms with van der Waals surface area (Å²) in [4.78, 5) is 24.6. The molecule has 0 saturated heterocycles. The molecule has 0 radical (unpaired) electrons. The molecular formula is C24H27N3O5. The molecule has 8 nitrogen and oxygen atoms in total. The molecule has 3 rings (SSSR count). The first-order valence-electron chi connectivity index (χ1n) is 10.4. The van der Waals surface area contributed by atoms with Crippen LogP contribution in [0.1, 0.15) is 23.0 Å². The van der Waals surface area contributed by atoms with Gasteiger partial charge in [0.15, 0.2) is 0 Å². The maximum absolute atomic E-state index is 12.3. The molecule has 0 saturated carbocycles. The smallest absolute Gasteiger partial charge is 0.251 e. The van der Waals surface area contributed by atoms with Gasteiger partial charge in [-0.2, -0.15) is 0 Å². The van der Waals surface area contributed by atoms with Crippen LogP contribution >= 0.6 is 0 Å². The fraction of sp³-hybridized carbons (Fsp3) is 0.250. The summed E-state index contributed by atoms with van der Waals surface area (Å²) in [6, 6.07) is 17.7. The predicted molar refractivity (Wildman–Crippen MR) is 122 cm³/mol.